The van der Waals surface area contributed by atoms with Gasteiger partial charge in [-0.15, -0.1) is 0 Å². The minimum absolute atomic E-state index is 0.112. The Hall–Kier alpha value is -0.530. The smallest absolute Gasteiger partial charge is 0.251 e. The van der Waals surface area contributed by atoms with Gasteiger partial charge in [0.2, 0.25) is 0 Å². The predicted molar refractivity (Wildman–Crippen MR) is 73.4 cm³/mol. The molecule has 1 aliphatic heterocycles. The summed E-state index contributed by atoms with van der Waals surface area (Å²) in [7, 11) is 0. The minimum Gasteiger partial charge on any atom is -0.295 e. The number of alkyl halides is 2. The van der Waals surface area contributed by atoms with Crippen molar-refractivity contribution in [2.24, 2.45) is 0 Å². The van der Waals surface area contributed by atoms with Crippen molar-refractivity contribution in [2.45, 2.75) is 26.9 Å². The van der Waals surface area contributed by atoms with E-state index in [1.54, 1.807) is 0 Å². The zero-order valence-electron chi connectivity index (χ0n) is 11.2. The average molecular weight is 337 g/mol. The molecule has 0 saturated carbocycles. The maximum Gasteiger partial charge on any atom is 0.251 e. The first-order valence-corrected chi connectivity index (χ1v) is 7.19. The van der Waals surface area contributed by atoms with Gasteiger partial charge in [-0.2, -0.15) is 5.10 Å². The molecule has 0 N–H and O–H groups in total. The van der Waals surface area contributed by atoms with E-state index in [1.165, 1.54) is 0 Å². The topological polar surface area (TPSA) is 24.3 Å². The van der Waals surface area contributed by atoms with Crippen molar-refractivity contribution < 1.29 is 8.78 Å². The molecule has 2 rings (SSSR count). The van der Waals surface area contributed by atoms with E-state index in [0.717, 1.165) is 35.6 Å². The monoisotopic (exact) mass is 336 g/mol. The SMILES string of the molecule is Cc1nn(CN2CCN(CC(F)F)CC2)c(C)c1Br. The normalized spacial score (nSPS) is 18.4. The van der Waals surface area contributed by atoms with Gasteiger partial charge >= 0.3 is 0 Å². The van der Waals surface area contributed by atoms with Gasteiger partial charge in [0, 0.05) is 26.2 Å². The summed E-state index contributed by atoms with van der Waals surface area (Å²) in [4.78, 5) is 4.06. The highest BCUT2D eigenvalue weighted by atomic mass is 79.9. The van der Waals surface area contributed by atoms with Crippen LogP contribution in [0, 0.1) is 13.8 Å². The van der Waals surface area contributed by atoms with Gasteiger partial charge in [0.05, 0.1) is 29.1 Å². The number of rotatable bonds is 4. The molecular formula is C12H19BrF2N4. The van der Waals surface area contributed by atoms with Crippen LogP contribution in [-0.2, 0) is 6.67 Å². The molecule has 0 unspecified atom stereocenters. The highest BCUT2D eigenvalue weighted by Crippen LogP contribution is 2.20. The molecule has 108 valence electrons. The number of nitrogens with zero attached hydrogens (tertiary/aromatic N) is 4. The van der Waals surface area contributed by atoms with Gasteiger partial charge in [0.25, 0.3) is 6.43 Å². The Bertz CT molecular complexity index is 428. The molecule has 1 saturated heterocycles. The molecule has 19 heavy (non-hydrogen) atoms. The minimum atomic E-state index is -2.24. The van der Waals surface area contributed by atoms with E-state index in [1.807, 2.05) is 23.4 Å². The summed E-state index contributed by atoms with van der Waals surface area (Å²) in [6.07, 6.45) is -2.24. The fourth-order valence-electron chi connectivity index (χ4n) is 2.31. The first-order valence-electron chi connectivity index (χ1n) is 6.39. The summed E-state index contributed by atoms with van der Waals surface area (Å²) in [5.41, 5.74) is 2.08. The lowest BCUT2D eigenvalue weighted by Gasteiger charge is -2.34. The van der Waals surface area contributed by atoms with Gasteiger partial charge in [0.1, 0.15) is 0 Å². The Balaban J connectivity index is 1.87. The van der Waals surface area contributed by atoms with Crippen LogP contribution in [0.2, 0.25) is 0 Å². The van der Waals surface area contributed by atoms with Crippen LogP contribution in [-0.4, -0.2) is 58.7 Å². The fraction of sp³-hybridized carbons (Fsp3) is 0.750. The van der Waals surface area contributed by atoms with Gasteiger partial charge in [-0.05, 0) is 29.8 Å². The summed E-state index contributed by atoms with van der Waals surface area (Å²) in [6, 6.07) is 0. The second kappa shape index (κ2) is 6.28. The average Bonchev–Trinajstić information content (AvgIpc) is 2.59. The van der Waals surface area contributed by atoms with E-state index >= 15 is 0 Å². The molecule has 7 heteroatoms. The molecule has 4 nitrogen and oxygen atoms in total. The van der Waals surface area contributed by atoms with Crippen LogP contribution >= 0.6 is 15.9 Å². The quantitative estimate of drug-likeness (QED) is 0.841. The zero-order valence-corrected chi connectivity index (χ0v) is 12.8. The lowest BCUT2D eigenvalue weighted by molar-refractivity contribution is 0.0460. The van der Waals surface area contributed by atoms with Crippen molar-refractivity contribution in [1.29, 1.82) is 0 Å². The molecule has 0 atom stereocenters. The zero-order chi connectivity index (χ0) is 14.0. The van der Waals surface area contributed by atoms with E-state index in [-0.39, 0.29) is 6.54 Å². The summed E-state index contributed by atoms with van der Waals surface area (Å²) in [6.45, 7) is 7.62. The van der Waals surface area contributed by atoms with Crippen LogP contribution in [0.15, 0.2) is 4.47 Å². The van der Waals surface area contributed by atoms with Crippen LogP contribution in [0.3, 0.4) is 0 Å². The molecule has 1 fully saturated rings. The van der Waals surface area contributed by atoms with Crippen molar-refractivity contribution in [3.8, 4) is 0 Å². The molecule has 0 bridgehead atoms. The van der Waals surface area contributed by atoms with E-state index < -0.39 is 6.43 Å². The largest absolute Gasteiger partial charge is 0.295 e. The van der Waals surface area contributed by atoms with Gasteiger partial charge in [0.15, 0.2) is 0 Å². The summed E-state index contributed by atoms with van der Waals surface area (Å²) in [5, 5.41) is 4.47. The molecule has 0 aliphatic carbocycles. The Morgan fingerprint density at radius 1 is 1.16 bits per heavy atom. The van der Waals surface area contributed by atoms with Crippen LogP contribution in [0.4, 0.5) is 8.78 Å². The standard InChI is InChI=1S/C12H19BrF2N4/c1-9-12(13)10(2)19(16-9)8-18-5-3-17(4-6-18)7-11(14)15/h11H,3-8H2,1-2H3. The number of piperazine rings is 1. The van der Waals surface area contributed by atoms with Crippen LogP contribution in [0.5, 0.6) is 0 Å². The second-order valence-electron chi connectivity index (χ2n) is 4.94. The molecule has 0 spiro atoms. The fourth-order valence-corrected chi connectivity index (χ4v) is 2.59. The maximum atomic E-state index is 12.3. The van der Waals surface area contributed by atoms with Crippen molar-refractivity contribution in [3.63, 3.8) is 0 Å². The molecule has 2 heterocycles. The third-order valence-electron chi connectivity index (χ3n) is 3.49. The highest BCUT2D eigenvalue weighted by Gasteiger charge is 2.20. The highest BCUT2D eigenvalue weighted by molar-refractivity contribution is 9.10. The first kappa shape index (κ1) is 14.9. The third-order valence-corrected chi connectivity index (χ3v) is 4.64. The van der Waals surface area contributed by atoms with E-state index in [2.05, 4.69) is 25.9 Å². The Kier molecular flexibility index (Phi) is 4.92. The predicted octanol–water partition coefficient (Wildman–Crippen LogP) is 2.10. The van der Waals surface area contributed by atoms with Gasteiger partial charge in [-0.3, -0.25) is 14.5 Å². The van der Waals surface area contributed by atoms with Crippen molar-refractivity contribution in [2.75, 3.05) is 32.7 Å². The van der Waals surface area contributed by atoms with Gasteiger partial charge < -0.3 is 0 Å². The number of hydrogen-bond acceptors (Lipinski definition) is 3. The molecule has 0 amide bonds. The number of aromatic nitrogens is 2. The molecule has 1 aliphatic rings. The number of hydrogen-bond donors (Lipinski definition) is 0. The lowest BCUT2D eigenvalue weighted by atomic mass is 10.3. The summed E-state index contributed by atoms with van der Waals surface area (Å²) in [5.74, 6) is 0. The summed E-state index contributed by atoms with van der Waals surface area (Å²) >= 11 is 3.51. The van der Waals surface area contributed by atoms with Crippen molar-refractivity contribution in [1.82, 2.24) is 19.6 Å². The van der Waals surface area contributed by atoms with Gasteiger partial charge in [-0.25, -0.2) is 8.78 Å². The Morgan fingerprint density at radius 2 is 1.74 bits per heavy atom. The maximum absolute atomic E-state index is 12.3. The summed E-state index contributed by atoms with van der Waals surface area (Å²) < 4.78 is 27.6. The van der Waals surface area contributed by atoms with Crippen molar-refractivity contribution in [3.05, 3.63) is 15.9 Å². The van der Waals surface area contributed by atoms with Gasteiger partial charge in [-0.1, -0.05) is 0 Å². The first-order chi connectivity index (χ1) is 8.97. The van der Waals surface area contributed by atoms with E-state index in [4.69, 9.17) is 0 Å². The second-order valence-corrected chi connectivity index (χ2v) is 5.73. The van der Waals surface area contributed by atoms with Crippen molar-refractivity contribution >= 4 is 15.9 Å². The molecule has 1 aromatic heterocycles. The lowest BCUT2D eigenvalue weighted by Crippen LogP contribution is -2.48. The molecule has 0 radical (unpaired) electrons. The van der Waals surface area contributed by atoms with Crippen LogP contribution < -0.4 is 0 Å². The van der Waals surface area contributed by atoms with E-state index in [9.17, 15) is 8.78 Å². The van der Waals surface area contributed by atoms with E-state index in [0.29, 0.717) is 13.1 Å². The number of aryl methyl sites for hydroxylation is 1. The molecule has 1 aromatic rings. The Labute approximate surface area is 120 Å². The molecule has 0 aromatic carbocycles. The third kappa shape index (κ3) is 3.73. The Morgan fingerprint density at radius 3 is 2.21 bits per heavy atom. The molecular weight excluding hydrogens is 318 g/mol. The van der Waals surface area contributed by atoms with Crippen LogP contribution in [0.1, 0.15) is 11.4 Å². The number of halogens is 3. The van der Waals surface area contributed by atoms with Crippen LogP contribution in [0.25, 0.3) is 0 Å².